The zero-order valence-corrected chi connectivity index (χ0v) is 11.3. The Hall–Kier alpha value is -1.95. The summed E-state index contributed by atoms with van der Waals surface area (Å²) >= 11 is 0. The van der Waals surface area contributed by atoms with Crippen LogP contribution in [0.3, 0.4) is 0 Å². The molecule has 1 aromatic carbocycles. The first-order chi connectivity index (χ1) is 8.93. The molecule has 0 amide bonds. The zero-order valence-electron chi connectivity index (χ0n) is 11.3. The van der Waals surface area contributed by atoms with Crippen LogP contribution in [0, 0.1) is 10.1 Å². The van der Waals surface area contributed by atoms with Gasteiger partial charge < -0.3 is 4.74 Å². The van der Waals surface area contributed by atoms with E-state index in [4.69, 9.17) is 0 Å². The van der Waals surface area contributed by atoms with Crippen molar-refractivity contribution in [2.45, 2.75) is 26.4 Å². The first-order valence-corrected chi connectivity index (χ1v) is 5.98. The zero-order chi connectivity index (χ0) is 14.4. The van der Waals surface area contributed by atoms with Gasteiger partial charge in [-0.15, -0.1) is 0 Å². The molecule has 0 aliphatic rings. The highest BCUT2D eigenvalue weighted by atomic mass is 16.6. The predicted molar refractivity (Wildman–Crippen MR) is 70.7 cm³/mol. The third-order valence-corrected chi connectivity index (χ3v) is 2.80. The number of hydrogen-bond acceptors (Lipinski definition) is 5. The smallest absolute Gasteiger partial charge is 0.319 e. The number of nitro groups is 1. The molecule has 0 aliphatic carbocycles. The van der Waals surface area contributed by atoms with Crippen LogP contribution in [-0.4, -0.2) is 35.5 Å². The lowest BCUT2D eigenvalue weighted by atomic mass is 10.1. The summed E-state index contributed by atoms with van der Waals surface area (Å²) in [6, 6.07) is 6.55. The van der Waals surface area contributed by atoms with Gasteiger partial charge in [0.2, 0.25) is 0 Å². The molecule has 6 nitrogen and oxygen atoms in total. The molecule has 0 aromatic heterocycles. The minimum atomic E-state index is -0.427. The van der Waals surface area contributed by atoms with Gasteiger partial charge in [0.1, 0.15) is 0 Å². The Labute approximate surface area is 112 Å². The molecule has 0 aliphatic heterocycles. The van der Waals surface area contributed by atoms with E-state index < -0.39 is 4.92 Å². The van der Waals surface area contributed by atoms with Gasteiger partial charge in [0.15, 0.2) is 0 Å². The number of carbonyl (C=O) groups excluding carboxylic acids is 1. The van der Waals surface area contributed by atoms with E-state index in [1.165, 1.54) is 19.2 Å². The van der Waals surface area contributed by atoms with Gasteiger partial charge in [-0.2, -0.15) is 0 Å². The van der Waals surface area contributed by atoms with Crippen molar-refractivity contribution in [3.63, 3.8) is 0 Å². The first kappa shape index (κ1) is 15.1. The number of benzene rings is 1. The summed E-state index contributed by atoms with van der Waals surface area (Å²) < 4.78 is 4.64. The van der Waals surface area contributed by atoms with Crippen LogP contribution >= 0.6 is 0 Å². The summed E-state index contributed by atoms with van der Waals surface area (Å²) in [7, 11) is 1.34. The van der Waals surface area contributed by atoms with Crippen LogP contribution in [0.25, 0.3) is 0 Å². The van der Waals surface area contributed by atoms with Crippen LogP contribution in [0.2, 0.25) is 0 Å². The van der Waals surface area contributed by atoms with E-state index in [9.17, 15) is 14.9 Å². The van der Waals surface area contributed by atoms with Crippen molar-refractivity contribution < 1.29 is 14.5 Å². The summed E-state index contributed by atoms with van der Waals surface area (Å²) in [5, 5.41) is 10.7. The van der Waals surface area contributed by atoms with Gasteiger partial charge in [-0.3, -0.25) is 19.8 Å². The van der Waals surface area contributed by atoms with Gasteiger partial charge in [-0.25, -0.2) is 0 Å². The molecule has 0 N–H and O–H groups in total. The normalized spacial score (nSPS) is 10.8. The van der Waals surface area contributed by atoms with E-state index in [0.29, 0.717) is 6.54 Å². The van der Waals surface area contributed by atoms with E-state index in [2.05, 4.69) is 4.74 Å². The van der Waals surface area contributed by atoms with Crippen LogP contribution in [0.5, 0.6) is 0 Å². The summed E-state index contributed by atoms with van der Waals surface area (Å²) in [5.74, 6) is -0.320. The second-order valence-electron chi connectivity index (χ2n) is 4.50. The number of esters is 1. The van der Waals surface area contributed by atoms with Crippen molar-refractivity contribution >= 4 is 11.7 Å². The standard InChI is InChI=1S/C13H18N2O4/c1-10(2)14(9-13(16)19-3)8-11-5-4-6-12(7-11)15(17)18/h4-7,10H,8-9H2,1-3H3. The van der Waals surface area contributed by atoms with Crippen molar-refractivity contribution in [3.8, 4) is 0 Å². The summed E-state index contributed by atoms with van der Waals surface area (Å²) in [5.41, 5.74) is 0.853. The van der Waals surface area contributed by atoms with Crippen molar-refractivity contribution in [3.05, 3.63) is 39.9 Å². The summed E-state index contributed by atoms with van der Waals surface area (Å²) in [6.07, 6.45) is 0. The number of ether oxygens (including phenoxy) is 1. The van der Waals surface area contributed by atoms with E-state index in [0.717, 1.165) is 5.56 Å². The Morgan fingerprint density at radius 1 is 1.47 bits per heavy atom. The molecular weight excluding hydrogens is 248 g/mol. The van der Waals surface area contributed by atoms with Gasteiger partial charge in [-0.1, -0.05) is 12.1 Å². The second-order valence-corrected chi connectivity index (χ2v) is 4.50. The summed E-state index contributed by atoms with van der Waals surface area (Å²) in [4.78, 5) is 23.5. The molecule has 0 spiro atoms. The minimum Gasteiger partial charge on any atom is -0.468 e. The molecule has 0 saturated heterocycles. The highest BCUT2D eigenvalue weighted by Crippen LogP contribution is 2.15. The fourth-order valence-corrected chi connectivity index (χ4v) is 1.65. The van der Waals surface area contributed by atoms with Crippen molar-refractivity contribution in [2.75, 3.05) is 13.7 Å². The van der Waals surface area contributed by atoms with Crippen LogP contribution in [0.4, 0.5) is 5.69 Å². The SMILES string of the molecule is COC(=O)CN(Cc1cccc([N+](=O)[O-])c1)C(C)C. The lowest BCUT2D eigenvalue weighted by Gasteiger charge is -2.25. The number of nitrogens with zero attached hydrogens (tertiary/aromatic N) is 2. The number of methoxy groups -OCH3 is 1. The second kappa shape index (κ2) is 6.84. The van der Waals surface area contributed by atoms with Crippen LogP contribution < -0.4 is 0 Å². The average Bonchev–Trinajstić information content (AvgIpc) is 2.37. The molecule has 0 saturated carbocycles. The molecule has 0 bridgehead atoms. The number of non-ortho nitro benzene ring substituents is 1. The fourth-order valence-electron chi connectivity index (χ4n) is 1.65. The molecule has 0 fully saturated rings. The highest BCUT2D eigenvalue weighted by molar-refractivity contribution is 5.71. The number of nitro benzene ring substituents is 1. The van der Waals surface area contributed by atoms with Crippen LogP contribution in [0.1, 0.15) is 19.4 Å². The molecule has 0 radical (unpaired) electrons. The van der Waals surface area contributed by atoms with Gasteiger partial charge in [0.25, 0.3) is 5.69 Å². The fraction of sp³-hybridized carbons (Fsp3) is 0.462. The Balaban J connectivity index is 2.81. The Kier molecular flexibility index (Phi) is 5.44. The van der Waals surface area contributed by atoms with Gasteiger partial charge in [0.05, 0.1) is 18.6 Å². The van der Waals surface area contributed by atoms with Gasteiger partial charge in [0, 0.05) is 24.7 Å². The molecule has 104 valence electrons. The third-order valence-electron chi connectivity index (χ3n) is 2.80. The maximum atomic E-state index is 11.3. The van der Waals surface area contributed by atoms with E-state index in [1.807, 2.05) is 18.7 Å². The van der Waals surface area contributed by atoms with Crippen LogP contribution in [0.15, 0.2) is 24.3 Å². The van der Waals surface area contributed by atoms with Crippen LogP contribution in [-0.2, 0) is 16.1 Å². The first-order valence-electron chi connectivity index (χ1n) is 5.98. The van der Waals surface area contributed by atoms with E-state index in [1.54, 1.807) is 12.1 Å². The van der Waals surface area contributed by atoms with E-state index in [-0.39, 0.29) is 24.2 Å². The molecule has 1 rings (SSSR count). The maximum absolute atomic E-state index is 11.3. The molecule has 0 atom stereocenters. The molecule has 0 heterocycles. The molecule has 1 aromatic rings. The van der Waals surface area contributed by atoms with Crippen molar-refractivity contribution in [2.24, 2.45) is 0 Å². The lowest BCUT2D eigenvalue weighted by molar-refractivity contribution is -0.384. The Morgan fingerprint density at radius 2 is 2.16 bits per heavy atom. The molecular formula is C13H18N2O4. The molecule has 0 unspecified atom stereocenters. The maximum Gasteiger partial charge on any atom is 0.319 e. The number of carbonyl (C=O) groups is 1. The predicted octanol–water partition coefficient (Wildman–Crippen LogP) is 1.98. The van der Waals surface area contributed by atoms with Crippen molar-refractivity contribution in [1.82, 2.24) is 4.90 Å². The average molecular weight is 266 g/mol. The number of rotatable bonds is 6. The van der Waals surface area contributed by atoms with E-state index >= 15 is 0 Å². The Bertz CT molecular complexity index is 460. The number of hydrogen-bond donors (Lipinski definition) is 0. The molecule has 19 heavy (non-hydrogen) atoms. The molecule has 6 heteroatoms. The minimum absolute atomic E-state index is 0.0549. The van der Waals surface area contributed by atoms with Gasteiger partial charge in [-0.05, 0) is 19.4 Å². The highest BCUT2D eigenvalue weighted by Gasteiger charge is 2.16. The largest absolute Gasteiger partial charge is 0.468 e. The summed E-state index contributed by atoms with van der Waals surface area (Å²) in [6.45, 7) is 4.55. The van der Waals surface area contributed by atoms with Gasteiger partial charge >= 0.3 is 5.97 Å². The monoisotopic (exact) mass is 266 g/mol. The lowest BCUT2D eigenvalue weighted by Crippen LogP contribution is -2.35. The van der Waals surface area contributed by atoms with Crippen molar-refractivity contribution in [1.29, 1.82) is 0 Å². The Morgan fingerprint density at radius 3 is 2.68 bits per heavy atom. The third kappa shape index (κ3) is 4.67. The topological polar surface area (TPSA) is 72.7 Å². The quantitative estimate of drug-likeness (QED) is 0.447.